The molecule has 5 rings (SSSR count). The van der Waals surface area contributed by atoms with Crippen LogP contribution in [0.3, 0.4) is 0 Å². The fourth-order valence-electron chi connectivity index (χ4n) is 3.81. The highest BCUT2D eigenvalue weighted by Gasteiger charge is 2.13. The van der Waals surface area contributed by atoms with Crippen LogP contribution >= 0.6 is 15.9 Å². The number of nitrogens with zero attached hydrogens (tertiary/aromatic N) is 1. The molecule has 4 aromatic carbocycles. The first-order valence-electron chi connectivity index (χ1n) is 10.9. The predicted octanol–water partition coefficient (Wildman–Crippen LogP) is 6.70. The standard InChI is InChI=1S/C28H21BrN2O4/c1-33-25-14-21(16-30-31-28(32)27-13-19-8-3-5-12-24(19)35-27)23(29)15-26(25)34-17-20-10-6-9-18-7-2-4-11-22(18)20/h2-16H,17H2,1H3,(H,31,32)/b30-16-. The third kappa shape index (κ3) is 4.90. The summed E-state index contributed by atoms with van der Waals surface area (Å²) in [4.78, 5) is 12.4. The van der Waals surface area contributed by atoms with Gasteiger partial charge in [-0.15, -0.1) is 0 Å². The van der Waals surface area contributed by atoms with E-state index < -0.39 is 5.91 Å². The fourth-order valence-corrected chi connectivity index (χ4v) is 4.23. The third-order valence-electron chi connectivity index (χ3n) is 5.57. The molecule has 1 amide bonds. The van der Waals surface area contributed by atoms with E-state index >= 15 is 0 Å². The topological polar surface area (TPSA) is 73.1 Å². The van der Waals surface area contributed by atoms with Crippen LogP contribution in [-0.2, 0) is 6.61 Å². The number of ether oxygens (including phenoxy) is 2. The molecule has 0 unspecified atom stereocenters. The second kappa shape index (κ2) is 10.0. The minimum Gasteiger partial charge on any atom is -0.493 e. The van der Waals surface area contributed by atoms with Crippen LogP contribution in [-0.4, -0.2) is 19.2 Å². The Morgan fingerprint density at radius 1 is 0.971 bits per heavy atom. The molecule has 1 heterocycles. The largest absolute Gasteiger partial charge is 0.493 e. The Morgan fingerprint density at radius 2 is 1.74 bits per heavy atom. The number of amides is 1. The van der Waals surface area contributed by atoms with Gasteiger partial charge in [0.2, 0.25) is 0 Å². The molecule has 0 spiro atoms. The van der Waals surface area contributed by atoms with Crippen molar-refractivity contribution in [2.75, 3.05) is 7.11 Å². The molecule has 0 saturated heterocycles. The molecule has 5 aromatic rings. The molecule has 35 heavy (non-hydrogen) atoms. The molecule has 0 aliphatic rings. The lowest BCUT2D eigenvalue weighted by molar-refractivity contribution is 0.0929. The van der Waals surface area contributed by atoms with Gasteiger partial charge in [-0.05, 0) is 56.5 Å². The van der Waals surface area contributed by atoms with Crippen LogP contribution in [0.5, 0.6) is 11.5 Å². The molecule has 0 atom stereocenters. The van der Waals surface area contributed by atoms with E-state index in [1.54, 1.807) is 19.2 Å². The molecule has 0 radical (unpaired) electrons. The summed E-state index contributed by atoms with van der Waals surface area (Å²) in [5, 5.41) is 7.24. The highest BCUT2D eigenvalue weighted by Crippen LogP contribution is 2.34. The monoisotopic (exact) mass is 528 g/mol. The SMILES string of the molecule is COc1cc(/C=N\NC(=O)c2cc3ccccc3o2)c(Br)cc1OCc1cccc2ccccc12. The van der Waals surface area contributed by atoms with Crippen molar-refractivity contribution in [3.63, 3.8) is 0 Å². The van der Waals surface area contributed by atoms with Crippen molar-refractivity contribution >= 4 is 49.8 Å². The number of hydrogen-bond acceptors (Lipinski definition) is 5. The molecule has 1 N–H and O–H groups in total. The molecule has 0 aliphatic heterocycles. The summed E-state index contributed by atoms with van der Waals surface area (Å²) in [6.45, 7) is 0.394. The van der Waals surface area contributed by atoms with Gasteiger partial charge in [0, 0.05) is 15.4 Å². The third-order valence-corrected chi connectivity index (χ3v) is 6.25. The molecule has 0 bridgehead atoms. The van der Waals surface area contributed by atoms with Crippen molar-refractivity contribution in [2.45, 2.75) is 6.61 Å². The molecular formula is C28H21BrN2O4. The van der Waals surface area contributed by atoms with Gasteiger partial charge < -0.3 is 13.9 Å². The lowest BCUT2D eigenvalue weighted by Gasteiger charge is -2.14. The maximum atomic E-state index is 12.4. The van der Waals surface area contributed by atoms with Crippen molar-refractivity contribution in [2.24, 2.45) is 5.10 Å². The van der Waals surface area contributed by atoms with E-state index in [9.17, 15) is 4.79 Å². The lowest BCUT2D eigenvalue weighted by atomic mass is 10.1. The zero-order valence-corrected chi connectivity index (χ0v) is 20.4. The highest BCUT2D eigenvalue weighted by atomic mass is 79.9. The Hall–Kier alpha value is -4.10. The molecule has 6 nitrogen and oxygen atoms in total. The minimum atomic E-state index is -0.435. The summed E-state index contributed by atoms with van der Waals surface area (Å²) >= 11 is 3.55. The van der Waals surface area contributed by atoms with E-state index in [2.05, 4.69) is 50.7 Å². The van der Waals surface area contributed by atoms with Crippen LogP contribution in [0.1, 0.15) is 21.7 Å². The number of furan rings is 1. The van der Waals surface area contributed by atoms with Gasteiger partial charge in [0.15, 0.2) is 17.3 Å². The number of carbonyl (C=O) groups is 1. The summed E-state index contributed by atoms with van der Waals surface area (Å²) in [7, 11) is 1.58. The number of para-hydroxylation sites is 1. The number of fused-ring (bicyclic) bond motifs is 2. The Kier molecular flexibility index (Phi) is 6.50. The van der Waals surface area contributed by atoms with Crippen LogP contribution in [0, 0.1) is 0 Å². The second-order valence-electron chi connectivity index (χ2n) is 7.80. The first kappa shape index (κ1) is 22.7. The van der Waals surface area contributed by atoms with Crippen molar-refractivity contribution in [1.29, 1.82) is 0 Å². The number of methoxy groups -OCH3 is 1. The van der Waals surface area contributed by atoms with E-state index in [0.717, 1.165) is 26.2 Å². The van der Waals surface area contributed by atoms with Crippen molar-refractivity contribution in [1.82, 2.24) is 5.43 Å². The normalized spacial score (nSPS) is 11.3. The van der Waals surface area contributed by atoms with Gasteiger partial charge in [0.1, 0.15) is 12.2 Å². The lowest BCUT2D eigenvalue weighted by Crippen LogP contribution is -2.16. The Balaban J connectivity index is 1.29. The number of benzene rings is 4. The summed E-state index contributed by atoms with van der Waals surface area (Å²) in [5.41, 5.74) is 4.94. The maximum absolute atomic E-state index is 12.4. The van der Waals surface area contributed by atoms with Gasteiger partial charge in [-0.2, -0.15) is 5.10 Å². The summed E-state index contributed by atoms with van der Waals surface area (Å²) < 4.78 is 18.0. The Labute approximate surface area is 210 Å². The summed E-state index contributed by atoms with van der Waals surface area (Å²) in [5.74, 6) is 0.905. The van der Waals surface area contributed by atoms with E-state index in [4.69, 9.17) is 13.9 Å². The van der Waals surface area contributed by atoms with E-state index in [-0.39, 0.29) is 5.76 Å². The van der Waals surface area contributed by atoms with Crippen LogP contribution in [0.2, 0.25) is 0 Å². The first-order valence-corrected chi connectivity index (χ1v) is 11.7. The molecule has 0 aliphatic carbocycles. The average Bonchev–Trinajstić information content (AvgIpc) is 3.33. The molecule has 0 saturated carbocycles. The molecule has 7 heteroatoms. The van der Waals surface area contributed by atoms with Crippen molar-refractivity contribution in [3.05, 3.63) is 106 Å². The Morgan fingerprint density at radius 3 is 2.57 bits per heavy atom. The van der Waals surface area contributed by atoms with E-state index in [0.29, 0.717) is 29.3 Å². The highest BCUT2D eigenvalue weighted by molar-refractivity contribution is 9.10. The number of hydrogen-bond donors (Lipinski definition) is 1. The van der Waals surface area contributed by atoms with E-state index in [1.807, 2.05) is 48.5 Å². The quantitative estimate of drug-likeness (QED) is 0.188. The Bertz CT molecular complexity index is 1520. The number of rotatable bonds is 7. The molecule has 174 valence electrons. The first-order chi connectivity index (χ1) is 17.1. The van der Waals surface area contributed by atoms with Crippen LogP contribution in [0.15, 0.2) is 98.9 Å². The smallest absolute Gasteiger partial charge is 0.307 e. The van der Waals surface area contributed by atoms with Crippen LogP contribution < -0.4 is 14.9 Å². The van der Waals surface area contributed by atoms with Crippen molar-refractivity contribution < 1.29 is 18.7 Å². The zero-order valence-electron chi connectivity index (χ0n) is 18.8. The molecule has 1 aromatic heterocycles. The predicted molar refractivity (Wildman–Crippen MR) is 140 cm³/mol. The number of carbonyl (C=O) groups excluding carboxylic acids is 1. The summed E-state index contributed by atoms with van der Waals surface area (Å²) in [6, 6.07) is 27.1. The minimum absolute atomic E-state index is 0.192. The van der Waals surface area contributed by atoms with Gasteiger partial charge in [-0.1, -0.05) is 60.7 Å². The van der Waals surface area contributed by atoms with Crippen LogP contribution in [0.25, 0.3) is 21.7 Å². The van der Waals surface area contributed by atoms with Gasteiger partial charge >= 0.3 is 5.91 Å². The van der Waals surface area contributed by atoms with Crippen LogP contribution in [0.4, 0.5) is 0 Å². The van der Waals surface area contributed by atoms with Gasteiger partial charge in [0.25, 0.3) is 0 Å². The van der Waals surface area contributed by atoms with E-state index in [1.165, 1.54) is 6.21 Å². The number of halogens is 1. The van der Waals surface area contributed by atoms with Gasteiger partial charge in [-0.3, -0.25) is 4.79 Å². The maximum Gasteiger partial charge on any atom is 0.307 e. The summed E-state index contributed by atoms with van der Waals surface area (Å²) in [6.07, 6.45) is 1.53. The number of hydrazone groups is 1. The van der Waals surface area contributed by atoms with Gasteiger partial charge in [-0.25, -0.2) is 5.43 Å². The van der Waals surface area contributed by atoms with Gasteiger partial charge in [0.05, 0.1) is 13.3 Å². The fraction of sp³-hybridized carbons (Fsp3) is 0.0714. The van der Waals surface area contributed by atoms with Crippen molar-refractivity contribution in [3.8, 4) is 11.5 Å². The second-order valence-corrected chi connectivity index (χ2v) is 8.65. The zero-order chi connectivity index (χ0) is 24.2. The molecule has 0 fully saturated rings. The number of nitrogens with one attached hydrogen (secondary N) is 1. The molecular weight excluding hydrogens is 508 g/mol. The average molecular weight is 529 g/mol.